The lowest BCUT2D eigenvalue weighted by Gasteiger charge is -2.09. The van der Waals surface area contributed by atoms with Crippen molar-refractivity contribution >= 4 is 17.3 Å². The largest absolute Gasteiger partial charge is 0.381 e. The summed E-state index contributed by atoms with van der Waals surface area (Å²) in [7, 11) is 0. The van der Waals surface area contributed by atoms with Crippen molar-refractivity contribution in [3.63, 3.8) is 0 Å². The summed E-state index contributed by atoms with van der Waals surface area (Å²) in [5.41, 5.74) is 7.50. The number of hydrogen-bond donors (Lipinski definition) is 3. The fourth-order valence-corrected chi connectivity index (χ4v) is 2.17. The van der Waals surface area contributed by atoms with Gasteiger partial charge >= 0.3 is 0 Å². The van der Waals surface area contributed by atoms with E-state index in [0.717, 1.165) is 24.8 Å². The summed E-state index contributed by atoms with van der Waals surface area (Å²) >= 11 is 0. The van der Waals surface area contributed by atoms with Crippen LogP contribution in [0, 0.1) is 16.7 Å². The van der Waals surface area contributed by atoms with E-state index in [4.69, 9.17) is 16.6 Å². The lowest BCUT2D eigenvalue weighted by Crippen LogP contribution is -2.31. The van der Waals surface area contributed by atoms with Crippen LogP contribution in [-0.4, -0.2) is 17.3 Å². The minimum atomic E-state index is -0.192. The Morgan fingerprint density at radius 1 is 1.30 bits per heavy atom. The highest BCUT2D eigenvalue weighted by atomic mass is 15.4. The third kappa shape index (κ3) is 3.57. The number of amidine groups is 1. The topological polar surface area (TPSA) is 111 Å². The molecule has 1 fully saturated rings. The molecule has 0 spiro atoms. The normalized spacial score (nSPS) is 19.7. The summed E-state index contributed by atoms with van der Waals surface area (Å²) in [5, 5.41) is 27.0. The Morgan fingerprint density at radius 3 is 2.70 bits per heavy atom. The quantitative estimate of drug-likeness (QED) is 0.325. The van der Waals surface area contributed by atoms with E-state index < -0.39 is 0 Å². The van der Waals surface area contributed by atoms with Crippen LogP contribution in [0.4, 0.5) is 0 Å². The molecule has 6 heteroatoms. The van der Waals surface area contributed by atoms with E-state index in [1.54, 1.807) is 0 Å². The van der Waals surface area contributed by atoms with Gasteiger partial charge in [0, 0.05) is 11.6 Å². The molecular weight excluding hydrogens is 252 g/mol. The van der Waals surface area contributed by atoms with Crippen molar-refractivity contribution in [2.45, 2.75) is 25.8 Å². The monoisotopic (exact) mass is 270 g/mol. The van der Waals surface area contributed by atoms with Crippen LogP contribution in [0.2, 0.25) is 0 Å². The van der Waals surface area contributed by atoms with Gasteiger partial charge in [-0.2, -0.15) is 5.11 Å². The highest BCUT2D eigenvalue weighted by Gasteiger charge is 2.27. The molecule has 4 N–H and O–H groups in total. The second-order valence-corrected chi connectivity index (χ2v) is 4.74. The molecule has 6 nitrogen and oxygen atoms in total. The molecular formula is C14H18N6. The van der Waals surface area contributed by atoms with Crippen LogP contribution < -0.4 is 5.73 Å². The van der Waals surface area contributed by atoms with Crippen molar-refractivity contribution < 1.29 is 0 Å². The zero-order chi connectivity index (χ0) is 14.4. The molecule has 1 unspecified atom stereocenters. The molecule has 0 aliphatic heterocycles. The van der Waals surface area contributed by atoms with E-state index in [1.165, 1.54) is 0 Å². The maximum atomic E-state index is 7.92. The fraction of sp³-hybridized carbons (Fsp3) is 0.357. The van der Waals surface area contributed by atoms with Crippen LogP contribution in [0.15, 0.2) is 45.8 Å². The van der Waals surface area contributed by atoms with Gasteiger partial charge in [-0.1, -0.05) is 30.3 Å². The summed E-state index contributed by atoms with van der Waals surface area (Å²) in [5.74, 6) is -0.137. The first-order chi connectivity index (χ1) is 9.68. The molecule has 1 aromatic rings. The number of nitrogens with two attached hydrogens (primary N) is 1. The maximum Gasteiger partial charge on any atom is 0.169 e. The van der Waals surface area contributed by atoms with Crippen molar-refractivity contribution in [3.8, 4) is 0 Å². The van der Waals surface area contributed by atoms with E-state index in [1.807, 2.05) is 30.3 Å². The van der Waals surface area contributed by atoms with Crippen LogP contribution in [0.5, 0.6) is 0 Å². The molecule has 1 aliphatic carbocycles. The molecule has 1 aliphatic rings. The third-order valence-electron chi connectivity index (χ3n) is 3.30. The van der Waals surface area contributed by atoms with E-state index >= 15 is 0 Å². The van der Waals surface area contributed by atoms with Crippen LogP contribution in [0.25, 0.3) is 0 Å². The Hall–Kier alpha value is -2.37. The van der Waals surface area contributed by atoms with Gasteiger partial charge in [0.05, 0.1) is 12.3 Å². The van der Waals surface area contributed by atoms with E-state index in [-0.39, 0.29) is 17.5 Å². The molecule has 1 atom stereocenters. The molecule has 0 bridgehead atoms. The number of rotatable bonds is 5. The standard InChI is InChI=1S/C14H18N6/c15-12-8-4-7-11(12)13(16)14(17)19-20-18-9-10-5-2-1-3-6-10/h1-3,5-6,11,15-16H,4,7-9H2,(H2,17,18,19). The van der Waals surface area contributed by atoms with Gasteiger partial charge in [0.15, 0.2) is 5.84 Å². The molecule has 104 valence electrons. The van der Waals surface area contributed by atoms with E-state index in [2.05, 4.69) is 15.4 Å². The van der Waals surface area contributed by atoms with Gasteiger partial charge in [-0.25, -0.2) is 0 Å². The zero-order valence-corrected chi connectivity index (χ0v) is 11.2. The minimum Gasteiger partial charge on any atom is -0.381 e. The molecule has 1 saturated carbocycles. The molecule has 1 aromatic carbocycles. The van der Waals surface area contributed by atoms with Crippen LogP contribution in [0.3, 0.4) is 0 Å². The Morgan fingerprint density at radius 2 is 2.05 bits per heavy atom. The van der Waals surface area contributed by atoms with Gasteiger partial charge in [-0.3, -0.25) is 0 Å². The van der Waals surface area contributed by atoms with Crippen LogP contribution in [0.1, 0.15) is 24.8 Å². The molecule has 2 rings (SSSR count). The fourth-order valence-electron chi connectivity index (χ4n) is 2.17. The summed E-state index contributed by atoms with van der Waals surface area (Å²) in [6.45, 7) is 0.435. The first-order valence-electron chi connectivity index (χ1n) is 6.58. The van der Waals surface area contributed by atoms with Crippen molar-refractivity contribution in [1.82, 2.24) is 0 Å². The highest BCUT2D eigenvalue weighted by molar-refractivity contribution is 6.43. The van der Waals surface area contributed by atoms with Gasteiger partial charge in [-0.05, 0) is 30.0 Å². The summed E-state index contributed by atoms with van der Waals surface area (Å²) in [4.78, 5) is 0. The average molecular weight is 270 g/mol. The Bertz CT molecular complexity index is 546. The molecule has 0 amide bonds. The summed E-state index contributed by atoms with van der Waals surface area (Å²) in [6.07, 6.45) is 2.49. The molecule has 0 saturated heterocycles. The van der Waals surface area contributed by atoms with E-state index in [0.29, 0.717) is 12.3 Å². The maximum absolute atomic E-state index is 7.92. The number of nitrogens with one attached hydrogen (secondary N) is 2. The predicted octanol–water partition coefficient (Wildman–Crippen LogP) is 2.75. The van der Waals surface area contributed by atoms with Crippen molar-refractivity contribution in [2.75, 3.05) is 0 Å². The zero-order valence-electron chi connectivity index (χ0n) is 11.2. The van der Waals surface area contributed by atoms with Gasteiger partial charge in [0.2, 0.25) is 0 Å². The van der Waals surface area contributed by atoms with Crippen molar-refractivity contribution in [1.29, 1.82) is 10.8 Å². The first kappa shape index (κ1) is 14.0. The Balaban J connectivity index is 1.90. The SMILES string of the molecule is N=C1CCCC1C(=N)C(N)=NN=NCc1ccccc1. The van der Waals surface area contributed by atoms with Gasteiger partial charge in [-0.15, -0.1) is 5.10 Å². The van der Waals surface area contributed by atoms with Crippen molar-refractivity contribution in [3.05, 3.63) is 35.9 Å². The average Bonchev–Trinajstić information content (AvgIpc) is 2.90. The van der Waals surface area contributed by atoms with Crippen LogP contribution in [-0.2, 0) is 6.54 Å². The van der Waals surface area contributed by atoms with Crippen LogP contribution >= 0.6 is 0 Å². The number of benzene rings is 1. The lowest BCUT2D eigenvalue weighted by molar-refractivity contribution is 0.812. The molecule has 0 heterocycles. The minimum absolute atomic E-state index is 0.0541. The van der Waals surface area contributed by atoms with E-state index in [9.17, 15) is 0 Å². The predicted molar refractivity (Wildman–Crippen MR) is 79.4 cm³/mol. The smallest absolute Gasteiger partial charge is 0.169 e. The van der Waals surface area contributed by atoms with Gasteiger partial charge in [0.1, 0.15) is 0 Å². The highest BCUT2D eigenvalue weighted by Crippen LogP contribution is 2.22. The van der Waals surface area contributed by atoms with Gasteiger partial charge < -0.3 is 16.6 Å². The van der Waals surface area contributed by atoms with Gasteiger partial charge in [0.25, 0.3) is 0 Å². The number of hydrogen-bond acceptors (Lipinski definition) is 4. The summed E-state index contributed by atoms with van der Waals surface area (Å²) < 4.78 is 0. The lowest BCUT2D eigenvalue weighted by atomic mass is 10.00. The summed E-state index contributed by atoms with van der Waals surface area (Å²) in [6, 6.07) is 9.71. The Labute approximate surface area is 117 Å². The second-order valence-electron chi connectivity index (χ2n) is 4.74. The Kier molecular flexibility index (Phi) is 4.70. The number of nitrogens with zero attached hydrogens (tertiary/aromatic N) is 3. The first-order valence-corrected chi connectivity index (χ1v) is 6.58. The third-order valence-corrected chi connectivity index (χ3v) is 3.30. The molecule has 20 heavy (non-hydrogen) atoms. The van der Waals surface area contributed by atoms with Crippen molar-refractivity contribution in [2.24, 2.45) is 27.1 Å². The molecule has 0 radical (unpaired) electrons. The molecule has 0 aromatic heterocycles. The second kappa shape index (κ2) is 6.70.